The van der Waals surface area contributed by atoms with Gasteiger partial charge in [-0.1, -0.05) is 58.2 Å². The minimum atomic E-state index is -0.508. The Morgan fingerprint density at radius 3 is 1.08 bits per heavy atom. The van der Waals surface area contributed by atoms with Gasteiger partial charge in [0.05, 0.1) is 25.3 Å². The number of amides is 4. The highest BCUT2D eigenvalue weighted by Gasteiger charge is 2.40. The Morgan fingerprint density at radius 1 is 0.451 bits per heavy atom. The summed E-state index contributed by atoms with van der Waals surface area (Å²) in [6, 6.07) is 28.7. The van der Waals surface area contributed by atoms with Crippen LogP contribution in [0.25, 0.3) is 0 Å². The third-order valence-electron chi connectivity index (χ3n) is 21.1. The van der Waals surface area contributed by atoms with Crippen molar-refractivity contribution in [3.8, 4) is 17.2 Å². The molecule has 23 heteroatoms. The molecule has 12 rings (SSSR count). The number of aromatic nitrogens is 3. The number of piperidine rings is 2. The Labute approximate surface area is 606 Å². The number of carbonyl (C=O) groups is 6. The number of carbonyl (C=O) groups excluding carboxylic acids is 6. The molecule has 0 spiro atoms. The van der Waals surface area contributed by atoms with Crippen molar-refractivity contribution in [3.63, 3.8) is 0 Å². The molecule has 3 aromatic heterocycles. The number of ether oxygens (including phenoxy) is 5. The van der Waals surface area contributed by atoms with Crippen LogP contribution in [0.5, 0.6) is 17.2 Å². The Balaban J connectivity index is 0.000000191. The molecule has 2 saturated heterocycles. The standard InChI is InChI=1S/C27H35N3O4.C26H34N4O4.C25H30N2O4.CH4O.ClH/c1-18(2)30-13-10-27(3,11-14-30)26(32)29-24-17-23(9-12-28-24)34-22-8-7-19-15-21(25(31)33-4)6-5-20(19)16-22;1-17(2)30-12-9-26(3,10-13-30)25(32)28-23-16-22(8-11-27-23)34-21-7-6-18-14-20(24(31)29-33)5-4-19(18)15-21;1-25(11-4-3-5-12-25)24(29)27-22-16-21(10-13-26-22)31-20-9-8-17-14-19(23(28)30-2)7-6-18(17)15-20;1-2;/h5-6,9,12,15,17-18,22H,7-8,10-11,13-14,16H2,1-4H3,(H,28,29,32);4-5,8,11,14,16-17,21,33H,6-7,9-10,12-13,15H2,1-3H3,(H,29,31)(H,27,28,32);6-7,10,13-14,16,20H,3-5,8-9,11-12,15H2,1-2H3,(H,26,27,29);2H,1H3;1H. The van der Waals surface area contributed by atoms with Gasteiger partial charge in [0.25, 0.3) is 5.91 Å². The molecule has 3 fully saturated rings. The van der Waals surface area contributed by atoms with Crippen molar-refractivity contribution in [2.45, 2.75) is 194 Å². The molecule has 2 aliphatic heterocycles. The number of benzene rings is 3. The van der Waals surface area contributed by atoms with Gasteiger partial charge < -0.3 is 54.5 Å². The van der Waals surface area contributed by atoms with Crippen LogP contribution in [0, 0.1) is 16.2 Å². The molecule has 3 aromatic carbocycles. The van der Waals surface area contributed by atoms with E-state index in [1.807, 2.05) is 75.4 Å². The summed E-state index contributed by atoms with van der Waals surface area (Å²) in [5.41, 5.74) is 9.14. The number of pyridine rings is 3. The first-order chi connectivity index (χ1) is 48.5. The minimum Gasteiger partial charge on any atom is -0.490 e. The molecule has 5 heterocycles. The molecule has 4 amide bonds. The first-order valence-corrected chi connectivity index (χ1v) is 35.7. The van der Waals surface area contributed by atoms with Crippen molar-refractivity contribution in [1.82, 2.24) is 30.2 Å². The Bertz CT molecular complexity index is 3680. The maximum absolute atomic E-state index is 13.1. The van der Waals surface area contributed by atoms with E-state index in [0.29, 0.717) is 63.5 Å². The fourth-order valence-corrected chi connectivity index (χ4v) is 14.3. The van der Waals surface area contributed by atoms with Crippen LogP contribution in [0.15, 0.2) is 110 Å². The van der Waals surface area contributed by atoms with Gasteiger partial charge in [-0.2, -0.15) is 0 Å². The van der Waals surface area contributed by atoms with Crippen molar-refractivity contribution in [1.29, 1.82) is 0 Å². The number of likely N-dealkylation sites (tertiary alicyclic amines) is 2. The van der Waals surface area contributed by atoms with E-state index in [9.17, 15) is 28.8 Å². The van der Waals surface area contributed by atoms with Crippen molar-refractivity contribution in [3.05, 3.63) is 160 Å². The summed E-state index contributed by atoms with van der Waals surface area (Å²) < 4.78 is 28.3. The molecule has 550 valence electrons. The normalized spacial score (nSPS) is 19.3. The Kier molecular flexibility index (Phi) is 28.4. The van der Waals surface area contributed by atoms with Crippen LogP contribution in [-0.2, 0) is 62.4 Å². The quantitative estimate of drug-likeness (QED) is 0.0281. The number of hydrogen-bond donors (Lipinski definition) is 6. The predicted molar refractivity (Wildman–Crippen MR) is 394 cm³/mol. The molecule has 1 saturated carbocycles. The van der Waals surface area contributed by atoms with Crippen LogP contribution in [0.2, 0.25) is 0 Å². The van der Waals surface area contributed by atoms with Gasteiger partial charge in [-0.25, -0.2) is 30.0 Å². The van der Waals surface area contributed by atoms with Crippen LogP contribution in [0.4, 0.5) is 17.5 Å². The first kappa shape index (κ1) is 79.2. The largest absolute Gasteiger partial charge is 0.490 e. The van der Waals surface area contributed by atoms with Crippen molar-refractivity contribution >= 4 is 65.4 Å². The number of fused-ring (bicyclic) bond motifs is 3. The molecule has 0 radical (unpaired) electrons. The number of halogens is 1. The number of hydroxylamine groups is 1. The van der Waals surface area contributed by atoms with Gasteiger partial charge >= 0.3 is 11.9 Å². The number of hydrogen-bond acceptors (Lipinski definition) is 18. The van der Waals surface area contributed by atoms with Crippen LogP contribution in [0.3, 0.4) is 0 Å². The van der Waals surface area contributed by atoms with Gasteiger partial charge in [-0.15, -0.1) is 12.4 Å². The molecule has 6 aliphatic rings. The summed E-state index contributed by atoms with van der Waals surface area (Å²) in [5.74, 6) is 2.59. The smallest absolute Gasteiger partial charge is 0.337 e. The monoisotopic (exact) mass is 1420 g/mol. The van der Waals surface area contributed by atoms with Crippen LogP contribution in [0.1, 0.15) is 190 Å². The molecule has 0 bridgehead atoms. The number of rotatable bonds is 17. The highest BCUT2D eigenvalue weighted by Crippen LogP contribution is 2.39. The SMILES string of the molecule is CC(C)N1CCC(C)(C(=O)Nc2cc(OC3CCc4cc(C(=O)NO)ccc4C3)ccn2)CC1.CO.COC(=O)c1ccc2c(c1)CCC(Oc1ccnc(NC(=O)C3(C)CCCCC3)c1)C2.COC(=O)c1ccc2c(c1)CCC(Oc1ccnc(NC(=O)C3(C)CCN(C(C)C)CC3)c1)C2.Cl. The number of nitrogens with zero attached hydrogens (tertiary/aromatic N) is 5. The highest BCUT2D eigenvalue weighted by atomic mass is 35.5. The molecule has 4 aliphatic carbocycles. The predicted octanol–water partition coefficient (Wildman–Crippen LogP) is 12.6. The number of aliphatic hydroxyl groups is 1. The molecular weight excluding hydrogens is 1320 g/mol. The topological polar surface area (TPSA) is 282 Å². The van der Waals surface area contributed by atoms with Crippen LogP contribution < -0.4 is 35.6 Å². The van der Waals surface area contributed by atoms with Crippen molar-refractivity contribution in [2.75, 3.05) is 63.5 Å². The zero-order valence-electron chi connectivity index (χ0n) is 60.9. The number of aryl methyl sites for hydroxylation is 3. The van der Waals surface area contributed by atoms with Gasteiger partial charge in [0.2, 0.25) is 17.7 Å². The van der Waals surface area contributed by atoms with Crippen molar-refractivity contribution < 1.29 is 62.8 Å². The first-order valence-electron chi connectivity index (χ1n) is 35.7. The van der Waals surface area contributed by atoms with E-state index in [2.05, 4.69) is 68.4 Å². The van der Waals surface area contributed by atoms with Crippen molar-refractivity contribution in [2.24, 2.45) is 16.2 Å². The third-order valence-corrected chi connectivity index (χ3v) is 21.1. The summed E-state index contributed by atoms with van der Waals surface area (Å²) in [6.45, 7) is 18.6. The minimum absolute atomic E-state index is 0. The van der Waals surface area contributed by atoms with E-state index in [-0.39, 0.29) is 71.2 Å². The molecule has 6 aromatic rings. The average Bonchev–Trinajstić information content (AvgIpc) is 0.829. The highest BCUT2D eigenvalue weighted by molar-refractivity contribution is 5.96. The molecule has 3 unspecified atom stereocenters. The molecule has 22 nitrogen and oxygen atoms in total. The second-order valence-corrected chi connectivity index (χ2v) is 28.8. The molecule has 6 N–H and O–H groups in total. The maximum atomic E-state index is 13.1. The van der Waals surface area contributed by atoms with E-state index in [1.54, 1.807) is 60.5 Å². The second-order valence-electron chi connectivity index (χ2n) is 28.8. The fraction of sp³-hybridized carbons (Fsp3) is 0.506. The number of methoxy groups -OCH3 is 2. The zero-order valence-corrected chi connectivity index (χ0v) is 61.7. The summed E-state index contributed by atoms with van der Waals surface area (Å²) in [5, 5.41) is 24.9. The lowest BCUT2D eigenvalue weighted by Crippen LogP contribution is -2.47. The van der Waals surface area contributed by atoms with E-state index in [1.165, 1.54) is 42.9 Å². The lowest BCUT2D eigenvalue weighted by molar-refractivity contribution is -0.128. The Morgan fingerprint density at radius 2 is 0.765 bits per heavy atom. The summed E-state index contributed by atoms with van der Waals surface area (Å²) in [7, 11) is 3.79. The van der Waals surface area contributed by atoms with Gasteiger partial charge in [0, 0.05) is 97.1 Å². The van der Waals surface area contributed by atoms with E-state index in [4.69, 9.17) is 34.0 Å². The summed E-state index contributed by atoms with van der Waals surface area (Å²) >= 11 is 0. The third kappa shape index (κ3) is 20.9. The average molecular weight is 1420 g/mol. The Hall–Kier alpha value is -8.54. The van der Waals surface area contributed by atoms with Gasteiger partial charge in [0.15, 0.2) is 0 Å². The lowest BCUT2D eigenvalue weighted by Gasteiger charge is -2.39. The molecule has 102 heavy (non-hydrogen) atoms. The van der Waals surface area contributed by atoms with E-state index in [0.717, 1.165) is 154 Å². The van der Waals surface area contributed by atoms with Crippen LogP contribution in [-0.4, -0.2) is 149 Å². The number of aliphatic hydroxyl groups excluding tert-OH is 1. The maximum Gasteiger partial charge on any atom is 0.337 e. The molecular formula is C79H104ClN9O13. The number of nitrogens with one attached hydrogen (secondary N) is 4. The van der Waals surface area contributed by atoms with E-state index < -0.39 is 11.3 Å². The summed E-state index contributed by atoms with van der Waals surface area (Å²) in [4.78, 5) is 91.9. The number of anilines is 3. The fourth-order valence-electron chi connectivity index (χ4n) is 14.3. The summed E-state index contributed by atoms with van der Waals surface area (Å²) in [6.07, 6.45) is 20.9. The van der Waals surface area contributed by atoms with Gasteiger partial charge in [0.1, 0.15) is 53.0 Å². The number of esters is 2. The van der Waals surface area contributed by atoms with Gasteiger partial charge in [-0.3, -0.25) is 24.4 Å². The van der Waals surface area contributed by atoms with E-state index >= 15 is 0 Å². The van der Waals surface area contributed by atoms with Crippen LogP contribution >= 0.6 is 12.4 Å². The zero-order chi connectivity index (χ0) is 72.4. The lowest BCUT2D eigenvalue weighted by atomic mass is 9.75. The van der Waals surface area contributed by atoms with Gasteiger partial charge in [-0.05, 0) is 219 Å². The molecule has 3 atom stereocenters. The second kappa shape index (κ2) is 36.6.